The van der Waals surface area contributed by atoms with Crippen LogP contribution in [0.25, 0.3) is 0 Å². The number of ether oxygens (including phenoxy) is 1. The number of nitrogens with zero attached hydrogens (tertiary/aromatic N) is 1. The number of aryl methyl sites for hydroxylation is 1. The summed E-state index contributed by atoms with van der Waals surface area (Å²) in [6, 6.07) is 11.5. The zero-order valence-corrected chi connectivity index (χ0v) is 19.6. The van der Waals surface area contributed by atoms with Gasteiger partial charge in [-0.25, -0.2) is 8.42 Å². The number of carbonyl (C=O) groups excluding carboxylic acids is 1. The Bertz CT molecular complexity index is 988. The summed E-state index contributed by atoms with van der Waals surface area (Å²) < 4.78 is 31.5. The minimum Gasteiger partial charge on any atom is -0.496 e. The minimum absolute atomic E-state index is 0.264. The van der Waals surface area contributed by atoms with Gasteiger partial charge in [-0.15, -0.1) is 0 Å². The van der Waals surface area contributed by atoms with E-state index in [0.29, 0.717) is 5.69 Å². The third-order valence-corrected chi connectivity index (χ3v) is 6.41. The lowest BCUT2D eigenvalue weighted by Gasteiger charge is -2.29. The number of carbonyl (C=O) groups is 1. The van der Waals surface area contributed by atoms with Crippen molar-refractivity contribution in [1.82, 2.24) is 5.32 Å². The van der Waals surface area contributed by atoms with Crippen LogP contribution in [-0.4, -0.2) is 33.7 Å². The summed E-state index contributed by atoms with van der Waals surface area (Å²) in [4.78, 5) is 13.0. The molecule has 0 bridgehead atoms. The number of hydrogen-bond acceptors (Lipinski definition) is 4. The Morgan fingerprint density at radius 3 is 2.13 bits per heavy atom. The zero-order chi connectivity index (χ0) is 22.6. The van der Waals surface area contributed by atoms with Crippen molar-refractivity contribution in [2.75, 3.05) is 17.7 Å². The fraction of sp³-hybridized carbons (Fsp3) is 0.435. The first-order chi connectivity index (χ1) is 14.0. The van der Waals surface area contributed by atoms with Crippen molar-refractivity contribution in [3.8, 4) is 5.75 Å². The second-order valence-corrected chi connectivity index (χ2v) is 9.77. The number of rotatable bonds is 8. The average molecular weight is 433 g/mol. The summed E-state index contributed by atoms with van der Waals surface area (Å²) >= 11 is 0. The molecule has 0 aliphatic rings. The monoisotopic (exact) mass is 432 g/mol. The van der Waals surface area contributed by atoms with Crippen LogP contribution < -0.4 is 14.4 Å². The molecular weight excluding hydrogens is 400 g/mol. The van der Waals surface area contributed by atoms with Crippen molar-refractivity contribution < 1.29 is 17.9 Å². The van der Waals surface area contributed by atoms with Gasteiger partial charge in [0.2, 0.25) is 15.9 Å². The standard InChI is InChI=1S/C23H32N2O4S/c1-15(2)20-14-21(16(3)13-22(20)29-6)17(4)24-23(26)18(5)25(30(7,27)28)19-11-9-8-10-12-19/h8-15,17-18H,1-7H3,(H,24,26). The Kier molecular flexibility index (Phi) is 7.53. The van der Waals surface area contributed by atoms with Crippen molar-refractivity contribution in [3.05, 3.63) is 59.2 Å². The number of nitrogens with one attached hydrogen (secondary N) is 1. The van der Waals surface area contributed by atoms with Gasteiger partial charge in [0.1, 0.15) is 11.8 Å². The van der Waals surface area contributed by atoms with Crippen molar-refractivity contribution in [1.29, 1.82) is 0 Å². The molecule has 30 heavy (non-hydrogen) atoms. The number of sulfonamides is 1. The summed E-state index contributed by atoms with van der Waals surface area (Å²) in [5.74, 6) is 0.725. The normalized spacial score (nSPS) is 13.6. The SMILES string of the molecule is COc1cc(C)c(C(C)NC(=O)C(C)N(c2ccccc2)S(C)(=O)=O)cc1C(C)C. The highest BCUT2D eigenvalue weighted by molar-refractivity contribution is 7.92. The molecule has 164 valence electrons. The van der Waals surface area contributed by atoms with Crippen molar-refractivity contribution in [3.63, 3.8) is 0 Å². The number of para-hydroxylation sites is 1. The van der Waals surface area contributed by atoms with Gasteiger partial charge in [-0.05, 0) is 67.6 Å². The van der Waals surface area contributed by atoms with E-state index in [1.54, 1.807) is 44.4 Å². The highest BCUT2D eigenvalue weighted by atomic mass is 32.2. The van der Waals surface area contributed by atoms with Gasteiger partial charge in [0.05, 0.1) is 25.1 Å². The lowest BCUT2D eigenvalue weighted by atomic mass is 9.93. The molecule has 0 saturated carbocycles. The maximum atomic E-state index is 13.0. The molecule has 0 spiro atoms. The Morgan fingerprint density at radius 1 is 1.03 bits per heavy atom. The van der Waals surface area contributed by atoms with E-state index < -0.39 is 16.1 Å². The first-order valence-corrected chi connectivity index (χ1v) is 11.9. The lowest BCUT2D eigenvalue weighted by Crippen LogP contribution is -2.48. The second-order valence-electron chi connectivity index (χ2n) is 7.91. The van der Waals surface area contributed by atoms with Crippen LogP contribution in [0.4, 0.5) is 5.69 Å². The van der Waals surface area contributed by atoms with Gasteiger partial charge in [0, 0.05) is 0 Å². The van der Waals surface area contributed by atoms with Gasteiger partial charge >= 0.3 is 0 Å². The van der Waals surface area contributed by atoms with Gasteiger partial charge in [0.15, 0.2) is 0 Å². The molecule has 2 unspecified atom stereocenters. The van der Waals surface area contributed by atoms with E-state index in [2.05, 4.69) is 25.2 Å². The van der Waals surface area contributed by atoms with E-state index >= 15 is 0 Å². The van der Waals surface area contributed by atoms with Crippen LogP contribution in [0.2, 0.25) is 0 Å². The Hall–Kier alpha value is -2.54. The molecule has 2 atom stereocenters. The van der Waals surface area contributed by atoms with Gasteiger partial charge in [-0.1, -0.05) is 32.0 Å². The first-order valence-electron chi connectivity index (χ1n) is 10.0. The number of methoxy groups -OCH3 is 1. The number of hydrogen-bond donors (Lipinski definition) is 1. The van der Waals surface area contributed by atoms with Crippen LogP contribution in [0.3, 0.4) is 0 Å². The predicted octanol–water partition coefficient (Wildman–Crippen LogP) is 4.16. The highest BCUT2D eigenvalue weighted by Gasteiger charge is 2.30. The first kappa shape index (κ1) is 23.7. The topological polar surface area (TPSA) is 75.7 Å². The third-order valence-electron chi connectivity index (χ3n) is 5.16. The van der Waals surface area contributed by atoms with Crippen LogP contribution in [0.15, 0.2) is 42.5 Å². The van der Waals surface area contributed by atoms with Gasteiger partial charge in [0.25, 0.3) is 0 Å². The van der Waals surface area contributed by atoms with Gasteiger partial charge < -0.3 is 10.1 Å². The van der Waals surface area contributed by atoms with E-state index in [0.717, 1.165) is 33.0 Å². The quantitative estimate of drug-likeness (QED) is 0.680. The van der Waals surface area contributed by atoms with Crippen molar-refractivity contribution in [2.45, 2.75) is 52.6 Å². The smallest absolute Gasteiger partial charge is 0.244 e. The van der Waals surface area contributed by atoms with Crippen LogP contribution >= 0.6 is 0 Å². The van der Waals surface area contributed by atoms with Crippen LogP contribution in [-0.2, 0) is 14.8 Å². The maximum Gasteiger partial charge on any atom is 0.244 e. The fourth-order valence-corrected chi connectivity index (χ4v) is 4.78. The highest BCUT2D eigenvalue weighted by Crippen LogP contribution is 2.32. The summed E-state index contributed by atoms with van der Waals surface area (Å²) in [5.41, 5.74) is 3.50. The molecule has 2 aromatic rings. The summed E-state index contributed by atoms with van der Waals surface area (Å²) in [7, 11) is -1.99. The maximum absolute atomic E-state index is 13.0. The largest absolute Gasteiger partial charge is 0.496 e. The van der Waals surface area contributed by atoms with Crippen molar-refractivity contribution in [2.24, 2.45) is 0 Å². The van der Waals surface area contributed by atoms with E-state index in [1.165, 1.54) is 0 Å². The zero-order valence-electron chi connectivity index (χ0n) is 18.8. The Labute approximate surface area is 180 Å². The minimum atomic E-state index is -3.64. The molecular formula is C23H32N2O4S. The molecule has 0 aliphatic heterocycles. The molecule has 2 aromatic carbocycles. The van der Waals surface area contributed by atoms with Gasteiger partial charge in [-0.2, -0.15) is 0 Å². The summed E-state index contributed by atoms with van der Waals surface area (Å²) in [6.07, 6.45) is 1.11. The summed E-state index contributed by atoms with van der Waals surface area (Å²) in [6.45, 7) is 9.65. The lowest BCUT2D eigenvalue weighted by molar-refractivity contribution is -0.122. The molecule has 0 aliphatic carbocycles. The molecule has 0 radical (unpaired) electrons. The molecule has 2 rings (SSSR count). The molecule has 0 fully saturated rings. The Morgan fingerprint density at radius 2 is 1.63 bits per heavy atom. The molecule has 1 N–H and O–H groups in total. The predicted molar refractivity (Wildman–Crippen MR) is 122 cm³/mol. The molecule has 0 aromatic heterocycles. The molecule has 0 heterocycles. The van der Waals surface area contributed by atoms with E-state index in [9.17, 15) is 13.2 Å². The number of amides is 1. The molecule has 1 amide bonds. The van der Waals surface area contributed by atoms with E-state index in [4.69, 9.17) is 4.74 Å². The number of anilines is 1. The van der Waals surface area contributed by atoms with E-state index in [-0.39, 0.29) is 17.9 Å². The second kappa shape index (κ2) is 9.51. The Balaban J connectivity index is 2.31. The van der Waals surface area contributed by atoms with Crippen LogP contribution in [0.5, 0.6) is 5.75 Å². The summed E-state index contributed by atoms with van der Waals surface area (Å²) in [5, 5.41) is 2.98. The van der Waals surface area contributed by atoms with Gasteiger partial charge in [-0.3, -0.25) is 9.10 Å². The number of benzene rings is 2. The average Bonchev–Trinajstić information content (AvgIpc) is 2.66. The van der Waals surface area contributed by atoms with E-state index in [1.807, 2.05) is 19.9 Å². The molecule has 0 saturated heterocycles. The third kappa shape index (κ3) is 5.33. The van der Waals surface area contributed by atoms with Crippen molar-refractivity contribution >= 4 is 21.6 Å². The molecule has 7 heteroatoms. The molecule has 6 nitrogen and oxygen atoms in total. The van der Waals surface area contributed by atoms with Crippen LogP contribution in [0.1, 0.15) is 56.3 Å². The van der Waals surface area contributed by atoms with Crippen LogP contribution in [0, 0.1) is 6.92 Å². The fourth-order valence-electron chi connectivity index (χ4n) is 3.61.